The molecule has 74 valence electrons. The number of rotatable bonds is 3. The first-order chi connectivity index (χ1) is 5.91. The molecule has 1 aliphatic carbocycles. The SMILES string of the molecule is CC/C(C)=C\C1C(C(=O)O)C1(C)C. The molecule has 0 aromatic rings. The zero-order valence-electron chi connectivity index (χ0n) is 8.79. The van der Waals surface area contributed by atoms with Crippen LogP contribution in [0.2, 0.25) is 0 Å². The van der Waals surface area contributed by atoms with Crippen molar-refractivity contribution in [2.75, 3.05) is 0 Å². The smallest absolute Gasteiger partial charge is 0.307 e. The Labute approximate surface area is 79.6 Å². The molecule has 0 radical (unpaired) electrons. The van der Waals surface area contributed by atoms with Crippen molar-refractivity contribution in [3.63, 3.8) is 0 Å². The summed E-state index contributed by atoms with van der Waals surface area (Å²) < 4.78 is 0. The van der Waals surface area contributed by atoms with Crippen LogP contribution in [0.3, 0.4) is 0 Å². The highest BCUT2D eigenvalue weighted by atomic mass is 16.4. The van der Waals surface area contributed by atoms with E-state index in [1.54, 1.807) is 0 Å². The molecular formula is C11H18O2. The van der Waals surface area contributed by atoms with Crippen LogP contribution in [0.15, 0.2) is 11.6 Å². The zero-order valence-corrected chi connectivity index (χ0v) is 8.79. The van der Waals surface area contributed by atoms with Crippen LogP contribution in [0.1, 0.15) is 34.1 Å². The normalized spacial score (nSPS) is 31.5. The Morgan fingerprint density at radius 1 is 1.54 bits per heavy atom. The van der Waals surface area contributed by atoms with E-state index in [4.69, 9.17) is 5.11 Å². The molecule has 13 heavy (non-hydrogen) atoms. The Morgan fingerprint density at radius 2 is 2.08 bits per heavy atom. The second kappa shape index (κ2) is 3.17. The molecule has 1 fully saturated rings. The highest BCUT2D eigenvalue weighted by Gasteiger charge is 2.60. The number of hydrogen-bond acceptors (Lipinski definition) is 1. The molecule has 0 bridgehead atoms. The first kappa shape index (κ1) is 10.3. The summed E-state index contributed by atoms with van der Waals surface area (Å²) in [4.78, 5) is 10.8. The Morgan fingerprint density at radius 3 is 2.38 bits per heavy atom. The van der Waals surface area contributed by atoms with Crippen LogP contribution in [-0.2, 0) is 4.79 Å². The molecule has 1 rings (SSSR count). The van der Waals surface area contributed by atoms with Gasteiger partial charge >= 0.3 is 5.97 Å². The minimum atomic E-state index is -0.657. The lowest BCUT2D eigenvalue weighted by atomic mass is 10.1. The molecule has 2 heteroatoms. The van der Waals surface area contributed by atoms with Gasteiger partial charge in [0.05, 0.1) is 5.92 Å². The maximum atomic E-state index is 10.8. The van der Waals surface area contributed by atoms with Crippen molar-refractivity contribution < 1.29 is 9.90 Å². The van der Waals surface area contributed by atoms with Gasteiger partial charge in [0, 0.05) is 0 Å². The van der Waals surface area contributed by atoms with Crippen molar-refractivity contribution in [3.8, 4) is 0 Å². The second-order valence-corrected chi connectivity index (χ2v) is 4.53. The number of allylic oxidation sites excluding steroid dienone is 2. The van der Waals surface area contributed by atoms with Crippen LogP contribution in [0.5, 0.6) is 0 Å². The van der Waals surface area contributed by atoms with Crippen LogP contribution >= 0.6 is 0 Å². The average Bonchev–Trinajstić information content (AvgIpc) is 2.53. The lowest BCUT2D eigenvalue weighted by molar-refractivity contribution is -0.139. The molecule has 0 aromatic carbocycles. The van der Waals surface area contributed by atoms with Crippen LogP contribution in [0.4, 0.5) is 0 Å². The van der Waals surface area contributed by atoms with Gasteiger partial charge in [-0.05, 0) is 24.7 Å². The van der Waals surface area contributed by atoms with Crippen LogP contribution in [-0.4, -0.2) is 11.1 Å². The highest BCUT2D eigenvalue weighted by molar-refractivity contribution is 5.76. The third kappa shape index (κ3) is 1.77. The van der Waals surface area contributed by atoms with E-state index in [1.807, 2.05) is 13.8 Å². The van der Waals surface area contributed by atoms with Gasteiger partial charge in [0.1, 0.15) is 0 Å². The fraction of sp³-hybridized carbons (Fsp3) is 0.727. The topological polar surface area (TPSA) is 37.3 Å². The van der Waals surface area contributed by atoms with Gasteiger partial charge in [-0.15, -0.1) is 0 Å². The van der Waals surface area contributed by atoms with E-state index in [2.05, 4.69) is 19.9 Å². The molecule has 0 saturated heterocycles. The summed E-state index contributed by atoms with van der Waals surface area (Å²) in [7, 11) is 0. The number of carboxylic acid groups (broad SMARTS) is 1. The molecule has 2 atom stereocenters. The summed E-state index contributed by atoms with van der Waals surface area (Å²) in [5.41, 5.74) is 1.25. The van der Waals surface area contributed by atoms with Gasteiger partial charge in [-0.25, -0.2) is 0 Å². The monoisotopic (exact) mass is 182 g/mol. The van der Waals surface area contributed by atoms with Gasteiger partial charge in [-0.3, -0.25) is 4.79 Å². The minimum absolute atomic E-state index is 0.0394. The van der Waals surface area contributed by atoms with E-state index >= 15 is 0 Å². The van der Waals surface area contributed by atoms with Crippen molar-refractivity contribution in [1.29, 1.82) is 0 Å². The van der Waals surface area contributed by atoms with Gasteiger partial charge in [-0.2, -0.15) is 0 Å². The summed E-state index contributed by atoms with van der Waals surface area (Å²) >= 11 is 0. The summed E-state index contributed by atoms with van der Waals surface area (Å²) in [6.45, 7) is 8.20. The molecule has 0 heterocycles. The zero-order chi connectivity index (χ0) is 10.2. The lowest BCUT2D eigenvalue weighted by Crippen LogP contribution is -2.03. The molecule has 0 amide bonds. The van der Waals surface area contributed by atoms with Crippen molar-refractivity contribution in [1.82, 2.24) is 0 Å². The van der Waals surface area contributed by atoms with Crippen molar-refractivity contribution in [2.24, 2.45) is 17.3 Å². The number of carboxylic acids is 1. The van der Waals surface area contributed by atoms with E-state index in [1.165, 1.54) is 5.57 Å². The molecule has 1 aliphatic rings. The van der Waals surface area contributed by atoms with Gasteiger partial charge < -0.3 is 5.11 Å². The van der Waals surface area contributed by atoms with Crippen LogP contribution in [0.25, 0.3) is 0 Å². The molecule has 0 spiro atoms. The fourth-order valence-electron chi connectivity index (χ4n) is 1.88. The van der Waals surface area contributed by atoms with E-state index < -0.39 is 5.97 Å². The Hall–Kier alpha value is -0.790. The van der Waals surface area contributed by atoms with E-state index in [0.29, 0.717) is 0 Å². The molecule has 2 unspecified atom stereocenters. The first-order valence-corrected chi connectivity index (χ1v) is 4.81. The standard InChI is InChI=1S/C11H18O2/c1-5-7(2)6-8-9(10(12)13)11(8,3)4/h6,8-9H,5H2,1-4H3,(H,12,13)/b7-6-. The molecule has 1 N–H and O–H groups in total. The van der Waals surface area contributed by atoms with E-state index in [-0.39, 0.29) is 17.3 Å². The van der Waals surface area contributed by atoms with Crippen molar-refractivity contribution >= 4 is 5.97 Å². The van der Waals surface area contributed by atoms with Gasteiger partial charge in [0.2, 0.25) is 0 Å². The predicted octanol–water partition coefficient (Wildman–Crippen LogP) is 2.70. The molecule has 2 nitrogen and oxygen atoms in total. The first-order valence-electron chi connectivity index (χ1n) is 4.81. The van der Waals surface area contributed by atoms with Gasteiger partial charge in [0.25, 0.3) is 0 Å². The molecule has 1 saturated carbocycles. The number of hydrogen-bond donors (Lipinski definition) is 1. The van der Waals surface area contributed by atoms with Crippen LogP contribution < -0.4 is 0 Å². The Bertz CT molecular complexity index is 251. The Balaban J connectivity index is 2.71. The third-order valence-electron chi connectivity index (χ3n) is 3.20. The number of aliphatic carboxylic acids is 1. The molecular weight excluding hydrogens is 164 g/mol. The quantitative estimate of drug-likeness (QED) is 0.681. The summed E-state index contributed by atoms with van der Waals surface area (Å²) in [6, 6.07) is 0. The maximum Gasteiger partial charge on any atom is 0.307 e. The maximum absolute atomic E-state index is 10.8. The Kier molecular flexibility index (Phi) is 2.51. The predicted molar refractivity (Wildman–Crippen MR) is 52.4 cm³/mol. The lowest BCUT2D eigenvalue weighted by Gasteiger charge is -1.98. The summed E-state index contributed by atoms with van der Waals surface area (Å²) in [6.07, 6.45) is 3.14. The van der Waals surface area contributed by atoms with Gasteiger partial charge in [-0.1, -0.05) is 32.4 Å². The summed E-state index contributed by atoms with van der Waals surface area (Å²) in [5, 5.41) is 8.92. The van der Waals surface area contributed by atoms with Gasteiger partial charge in [0.15, 0.2) is 0 Å². The van der Waals surface area contributed by atoms with E-state index in [9.17, 15) is 4.79 Å². The van der Waals surface area contributed by atoms with E-state index in [0.717, 1.165) is 6.42 Å². The van der Waals surface area contributed by atoms with Crippen molar-refractivity contribution in [2.45, 2.75) is 34.1 Å². The van der Waals surface area contributed by atoms with Crippen LogP contribution in [0, 0.1) is 17.3 Å². The summed E-state index contributed by atoms with van der Waals surface area (Å²) in [5.74, 6) is -0.589. The largest absolute Gasteiger partial charge is 0.481 e. The highest BCUT2D eigenvalue weighted by Crippen LogP contribution is 2.59. The fourth-order valence-corrected chi connectivity index (χ4v) is 1.88. The minimum Gasteiger partial charge on any atom is -0.481 e. The molecule has 0 aliphatic heterocycles. The average molecular weight is 182 g/mol. The number of carbonyl (C=O) groups is 1. The third-order valence-corrected chi connectivity index (χ3v) is 3.20. The molecule has 0 aromatic heterocycles. The van der Waals surface area contributed by atoms with Crippen molar-refractivity contribution in [3.05, 3.63) is 11.6 Å². The second-order valence-electron chi connectivity index (χ2n) is 4.53.